The van der Waals surface area contributed by atoms with E-state index in [-0.39, 0.29) is 6.61 Å². The van der Waals surface area contributed by atoms with Gasteiger partial charge in [0.1, 0.15) is 6.61 Å². The number of ether oxygens (including phenoxy) is 1. The van der Waals surface area contributed by atoms with Gasteiger partial charge in [-0.25, -0.2) is 0 Å². The first-order valence-electron chi connectivity index (χ1n) is 1.97. The first-order chi connectivity index (χ1) is 3.92. The Balaban J connectivity index is 3.39. The summed E-state index contributed by atoms with van der Waals surface area (Å²) in [5, 5.41) is 0. The summed E-state index contributed by atoms with van der Waals surface area (Å²) in [6.45, 7) is 2.64. The topological polar surface area (TPSA) is 26.3 Å². The molecule has 0 aromatic carbocycles. The number of carbonyl (C=O) groups excluding carboxylic acids is 1. The van der Waals surface area contributed by atoms with Gasteiger partial charge in [0.2, 0.25) is 3.79 Å². The molecule has 0 aliphatic heterocycles. The molecule has 0 saturated heterocycles. The first kappa shape index (κ1) is 9.34. The fraction of sp³-hybridized carbons (Fsp3) is 0.500. The van der Waals surface area contributed by atoms with Gasteiger partial charge in [0, 0.05) is 0 Å². The molecule has 0 rings (SSSR count). The number of hydrogen-bond donors (Lipinski definition) is 0. The summed E-state index contributed by atoms with van der Waals surface area (Å²) < 4.78 is 2.73. The SMILES string of the molecule is [CH2]C(=O)OCC(Cl)(Cl)Cl. The van der Waals surface area contributed by atoms with Gasteiger partial charge >= 0.3 is 5.97 Å². The maximum Gasteiger partial charge on any atom is 0.306 e. The standard InChI is InChI=1S/C4H4Cl3O2/c1-3(8)9-2-4(5,6)7/h1-2H2. The van der Waals surface area contributed by atoms with Crippen LogP contribution in [0, 0.1) is 6.92 Å². The Hall–Kier alpha value is 0.340. The molecule has 0 heterocycles. The maximum atomic E-state index is 9.98. The Morgan fingerprint density at radius 3 is 2.11 bits per heavy atom. The van der Waals surface area contributed by atoms with E-state index in [0.717, 1.165) is 0 Å². The van der Waals surface area contributed by atoms with Gasteiger partial charge in [-0.05, 0) is 0 Å². The summed E-state index contributed by atoms with van der Waals surface area (Å²) in [6.07, 6.45) is 0. The molecule has 9 heavy (non-hydrogen) atoms. The third kappa shape index (κ3) is 8.34. The molecule has 0 aliphatic rings. The second-order valence-corrected chi connectivity index (χ2v) is 3.79. The van der Waals surface area contributed by atoms with Crippen molar-refractivity contribution in [1.29, 1.82) is 0 Å². The van der Waals surface area contributed by atoms with Crippen molar-refractivity contribution in [2.45, 2.75) is 3.79 Å². The molecule has 5 heteroatoms. The molecule has 53 valence electrons. The third-order valence-corrected chi connectivity index (χ3v) is 0.724. The number of rotatable bonds is 1. The predicted molar refractivity (Wildman–Crippen MR) is 36.6 cm³/mol. The monoisotopic (exact) mass is 189 g/mol. The van der Waals surface area contributed by atoms with Crippen molar-refractivity contribution in [1.82, 2.24) is 0 Å². The normalized spacial score (nSPS) is 11.1. The number of carbonyl (C=O) groups is 1. The zero-order valence-corrected chi connectivity index (χ0v) is 6.63. The molecular formula is C4H4Cl3O2. The second-order valence-electron chi connectivity index (χ2n) is 1.28. The minimum absolute atomic E-state index is 0.264. The Morgan fingerprint density at radius 2 is 2.00 bits per heavy atom. The molecule has 0 aromatic rings. The predicted octanol–water partition coefficient (Wildman–Crippen LogP) is 1.73. The molecule has 0 fully saturated rings. The number of halogens is 3. The van der Waals surface area contributed by atoms with Crippen LogP contribution in [0.15, 0.2) is 0 Å². The van der Waals surface area contributed by atoms with E-state index in [1.54, 1.807) is 0 Å². The van der Waals surface area contributed by atoms with Crippen molar-refractivity contribution in [3.05, 3.63) is 6.92 Å². The molecule has 0 unspecified atom stereocenters. The van der Waals surface area contributed by atoms with Gasteiger partial charge in [-0.2, -0.15) is 0 Å². The zero-order chi connectivity index (χ0) is 7.49. The number of hydrogen-bond acceptors (Lipinski definition) is 2. The van der Waals surface area contributed by atoms with Crippen LogP contribution in [0.1, 0.15) is 0 Å². The maximum absolute atomic E-state index is 9.98. The van der Waals surface area contributed by atoms with E-state index >= 15 is 0 Å². The Morgan fingerprint density at radius 1 is 1.56 bits per heavy atom. The Kier molecular flexibility index (Phi) is 3.63. The highest BCUT2D eigenvalue weighted by Crippen LogP contribution is 2.25. The Bertz CT molecular complexity index is 107. The summed E-state index contributed by atoms with van der Waals surface area (Å²) >= 11 is 15.6. The fourth-order valence-corrected chi connectivity index (χ4v) is 0.326. The molecule has 0 saturated carbocycles. The van der Waals surface area contributed by atoms with Gasteiger partial charge in [-0.1, -0.05) is 34.8 Å². The van der Waals surface area contributed by atoms with E-state index in [2.05, 4.69) is 11.7 Å². The van der Waals surface area contributed by atoms with Crippen molar-refractivity contribution in [3.63, 3.8) is 0 Å². The highest BCUT2D eigenvalue weighted by Gasteiger charge is 2.20. The van der Waals surface area contributed by atoms with Crippen LogP contribution in [0.5, 0.6) is 0 Å². The van der Waals surface area contributed by atoms with E-state index in [4.69, 9.17) is 34.8 Å². The van der Waals surface area contributed by atoms with Crippen LogP contribution < -0.4 is 0 Å². The lowest BCUT2D eigenvalue weighted by molar-refractivity contribution is -0.137. The van der Waals surface area contributed by atoms with E-state index < -0.39 is 9.76 Å². The first-order valence-corrected chi connectivity index (χ1v) is 3.10. The van der Waals surface area contributed by atoms with Gasteiger partial charge in [-0.15, -0.1) is 0 Å². The van der Waals surface area contributed by atoms with E-state index in [1.807, 2.05) is 0 Å². The molecule has 0 aromatic heterocycles. The van der Waals surface area contributed by atoms with E-state index in [1.165, 1.54) is 0 Å². The lowest BCUT2D eigenvalue weighted by Crippen LogP contribution is -2.15. The molecule has 1 radical (unpaired) electrons. The van der Waals surface area contributed by atoms with Crippen LogP contribution in [0.25, 0.3) is 0 Å². The minimum atomic E-state index is -1.53. The highest BCUT2D eigenvalue weighted by atomic mass is 35.6. The van der Waals surface area contributed by atoms with E-state index in [0.29, 0.717) is 0 Å². The van der Waals surface area contributed by atoms with Gasteiger partial charge in [0.05, 0.1) is 6.92 Å². The van der Waals surface area contributed by atoms with Crippen LogP contribution in [-0.4, -0.2) is 16.4 Å². The second kappa shape index (κ2) is 3.49. The molecule has 0 aliphatic carbocycles. The van der Waals surface area contributed by atoms with E-state index in [9.17, 15) is 4.79 Å². The number of esters is 1. The quantitative estimate of drug-likeness (QED) is 0.465. The lowest BCUT2D eigenvalue weighted by atomic mass is 10.7. The van der Waals surface area contributed by atoms with Crippen LogP contribution in [0.2, 0.25) is 0 Å². The van der Waals surface area contributed by atoms with Crippen LogP contribution in [0.3, 0.4) is 0 Å². The number of alkyl halides is 3. The van der Waals surface area contributed by atoms with Gasteiger partial charge < -0.3 is 4.74 Å². The van der Waals surface area contributed by atoms with Crippen LogP contribution in [0.4, 0.5) is 0 Å². The van der Waals surface area contributed by atoms with Gasteiger partial charge in [0.25, 0.3) is 0 Å². The lowest BCUT2D eigenvalue weighted by Gasteiger charge is -2.08. The molecule has 0 bridgehead atoms. The van der Waals surface area contributed by atoms with Crippen LogP contribution in [-0.2, 0) is 9.53 Å². The van der Waals surface area contributed by atoms with Crippen molar-refractivity contribution >= 4 is 40.8 Å². The molecular weight excluding hydrogens is 186 g/mol. The summed E-state index contributed by atoms with van der Waals surface area (Å²) in [4.78, 5) is 9.98. The van der Waals surface area contributed by atoms with Crippen molar-refractivity contribution in [2.24, 2.45) is 0 Å². The summed E-state index contributed by atoms with van der Waals surface area (Å²) in [6, 6.07) is 0. The van der Waals surface area contributed by atoms with Crippen molar-refractivity contribution in [3.8, 4) is 0 Å². The largest absolute Gasteiger partial charge is 0.461 e. The summed E-state index contributed by atoms with van der Waals surface area (Å²) in [7, 11) is 0. The van der Waals surface area contributed by atoms with Crippen molar-refractivity contribution < 1.29 is 9.53 Å². The highest BCUT2D eigenvalue weighted by molar-refractivity contribution is 6.67. The average Bonchev–Trinajstić information content (AvgIpc) is 1.59. The summed E-state index contributed by atoms with van der Waals surface area (Å²) in [5.74, 6) is -0.707. The Labute approximate surface area is 68.0 Å². The molecule has 0 spiro atoms. The van der Waals surface area contributed by atoms with Gasteiger partial charge in [-0.3, -0.25) is 4.79 Å². The molecule has 0 amide bonds. The fourth-order valence-electron chi connectivity index (χ4n) is 0.162. The van der Waals surface area contributed by atoms with Gasteiger partial charge in [0.15, 0.2) is 0 Å². The van der Waals surface area contributed by atoms with Crippen LogP contribution >= 0.6 is 34.8 Å². The van der Waals surface area contributed by atoms with Crippen molar-refractivity contribution in [2.75, 3.05) is 6.61 Å². The molecule has 0 atom stereocenters. The molecule has 2 nitrogen and oxygen atoms in total. The molecule has 0 N–H and O–H groups in total. The smallest absolute Gasteiger partial charge is 0.306 e. The summed E-state index contributed by atoms with van der Waals surface area (Å²) in [5.41, 5.74) is 0. The minimum Gasteiger partial charge on any atom is -0.461 e. The average molecular weight is 190 g/mol. The zero-order valence-electron chi connectivity index (χ0n) is 4.36. The third-order valence-electron chi connectivity index (χ3n) is 0.397.